The summed E-state index contributed by atoms with van der Waals surface area (Å²) in [4.78, 5) is 0.367. The fourth-order valence-electron chi connectivity index (χ4n) is 2.22. The van der Waals surface area contributed by atoms with Gasteiger partial charge in [0.25, 0.3) is 0 Å². The molecule has 1 aromatic rings. The Kier molecular flexibility index (Phi) is 7.08. The van der Waals surface area contributed by atoms with Gasteiger partial charge in [0.1, 0.15) is 0 Å². The molecule has 118 valence electrons. The van der Waals surface area contributed by atoms with Crippen molar-refractivity contribution in [2.75, 3.05) is 20.6 Å². The third kappa shape index (κ3) is 4.66. The van der Waals surface area contributed by atoms with E-state index < -0.39 is 10.0 Å². The molecule has 0 saturated heterocycles. The topological polar surface area (TPSA) is 49.4 Å². The van der Waals surface area contributed by atoms with E-state index in [1.807, 2.05) is 19.2 Å². The van der Waals surface area contributed by atoms with Crippen LogP contribution in [0.3, 0.4) is 0 Å². The second kappa shape index (κ2) is 8.32. The summed E-state index contributed by atoms with van der Waals surface area (Å²) in [5, 5.41) is 3.09. The summed E-state index contributed by atoms with van der Waals surface area (Å²) in [5.74, 6) is 0. The highest BCUT2D eigenvalue weighted by Gasteiger charge is 2.21. The lowest BCUT2D eigenvalue weighted by Gasteiger charge is -2.18. The molecule has 5 heteroatoms. The van der Waals surface area contributed by atoms with Crippen LogP contribution >= 0.6 is 0 Å². The van der Waals surface area contributed by atoms with Crippen LogP contribution in [0.25, 0.3) is 0 Å². The van der Waals surface area contributed by atoms with Gasteiger partial charge < -0.3 is 5.32 Å². The molecule has 0 radical (unpaired) electrons. The fraction of sp³-hybridized carbons (Fsp3) is 0.500. The Bertz CT molecular complexity index is 568. The molecular weight excluding hydrogens is 284 g/mol. The second-order valence-electron chi connectivity index (χ2n) is 5.07. The molecule has 0 spiro atoms. The largest absolute Gasteiger partial charge is 0.316 e. The number of nitrogens with zero attached hydrogens (tertiary/aromatic N) is 1. The van der Waals surface area contributed by atoms with Gasteiger partial charge in [0.15, 0.2) is 0 Å². The zero-order valence-corrected chi connectivity index (χ0v) is 14.0. The van der Waals surface area contributed by atoms with E-state index in [4.69, 9.17) is 0 Å². The average molecular weight is 310 g/mol. The molecule has 0 aliphatic rings. The van der Waals surface area contributed by atoms with E-state index in [0.29, 0.717) is 18.0 Å². The first kappa shape index (κ1) is 17.9. The average Bonchev–Trinajstić information content (AvgIpc) is 2.47. The van der Waals surface area contributed by atoms with Crippen LogP contribution in [0.2, 0.25) is 0 Å². The van der Waals surface area contributed by atoms with Crippen molar-refractivity contribution in [3.05, 3.63) is 42.0 Å². The maximum Gasteiger partial charge on any atom is 0.242 e. The summed E-state index contributed by atoms with van der Waals surface area (Å²) in [6, 6.07) is 5.41. The fourth-order valence-corrected chi connectivity index (χ4v) is 3.48. The molecule has 4 nitrogen and oxygen atoms in total. The first-order chi connectivity index (χ1) is 9.97. The van der Waals surface area contributed by atoms with Gasteiger partial charge in [-0.25, -0.2) is 12.7 Å². The number of allylic oxidation sites excluding steroid dienone is 1. The van der Waals surface area contributed by atoms with Gasteiger partial charge in [-0.3, -0.25) is 0 Å². The van der Waals surface area contributed by atoms with Gasteiger partial charge in [-0.1, -0.05) is 19.1 Å². The monoisotopic (exact) mass is 310 g/mol. The number of sulfonamides is 1. The highest BCUT2D eigenvalue weighted by Crippen LogP contribution is 2.20. The predicted molar refractivity (Wildman–Crippen MR) is 87.8 cm³/mol. The molecule has 0 fully saturated rings. The molecular formula is C16H26N2O2S. The van der Waals surface area contributed by atoms with Crippen molar-refractivity contribution in [1.29, 1.82) is 0 Å². The van der Waals surface area contributed by atoms with Crippen LogP contribution in [-0.2, 0) is 23.0 Å². The van der Waals surface area contributed by atoms with E-state index in [0.717, 1.165) is 24.8 Å². The summed E-state index contributed by atoms with van der Waals surface area (Å²) in [6.07, 6.45) is 4.31. The van der Waals surface area contributed by atoms with Gasteiger partial charge in [-0.2, -0.15) is 0 Å². The molecule has 0 atom stereocenters. The molecule has 0 aliphatic carbocycles. The van der Waals surface area contributed by atoms with E-state index in [1.54, 1.807) is 19.2 Å². The summed E-state index contributed by atoms with van der Waals surface area (Å²) < 4.78 is 26.5. The van der Waals surface area contributed by atoms with E-state index in [1.165, 1.54) is 9.87 Å². The molecule has 21 heavy (non-hydrogen) atoms. The Labute approximate surface area is 128 Å². The molecule has 0 saturated carbocycles. The van der Waals surface area contributed by atoms with Crippen molar-refractivity contribution in [2.24, 2.45) is 0 Å². The van der Waals surface area contributed by atoms with Crippen LogP contribution in [0.4, 0.5) is 0 Å². The standard InChI is InChI=1S/C16H26N2O2S/c1-5-7-8-11-18(4)21(19,20)16-10-9-14(6-2)15(12-16)13-17-3/h5,9-10,12,17H,1,6-8,11,13H2,2-4H3. The van der Waals surface area contributed by atoms with Crippen LogP contribution in [0.1, 0.15) is 30.9 Å². The van der Waals surface area contributed by atoms with Crippen LogP contribution in [0.5, 0.6) is 0 Å². The minimum absolute atomic E-state index is 0.367. The number of hydrogen-bond donors (Lipinski definition) is 1. The molecule has 0 heterocycles. The van der Waals surface area contributed by atoms with Gasteiger partial charge in [0.05, 0.1) is 4.90 Å². The van der Waals surface area contributed by atoms with Crippen molar-refractivity contribution in [3.8, 4) is 0 Å². The Morgan fingerprint density at radius 3 is 2.62 bits per heavy atom. The summed E-state index contributed by atoms with van der Waals surface area (Å²) in [5.41, 5.74) is 2.22. The van der Waals surface area contributed by atoms with Crippen LogP contribution in [0.15, 0.2) is 35.7 Å². The SMILES string of the molecule is C=CCCCN(C)S(=O)(=O)c1ccc(CC)c(CNC)c1. The van der Waals surface area contributed by atoms with E-state index in [2.05, 4.69) is 18.8 Å². The number of rotatable bonds is 9. The first-order valence-electron chi connectivity index (χ1n) is 7.31. The quantitative estimate of drug-likeness (QED) is 0.563. The Balaban J connectivity index is 3.02. The highest BCUT2D eigenvalue weighted by molar-refractivity contribution is 7.89. The minimum atomic E-state index is -3.41. The summed E-state index contributed by atoms with van der Waals surface area (Å²) in [7, 11) is 0.0780. The maximum absolute atomic E-state index is 12.6. The Morgan fingerprint density at radius 2 is 2.05 bits per heavy atom. The van der Waals surface area contributed by atoms with Gasteiger partial charge >= 0.3 is 0 Å². The minimum Gasteiger partial charge on any atom is -0.316 e. The number of hydrogen-bond acceptors (Lipinski definition) is 3. The number of unbranched alkanes of at least 4 members (excludes halogenated alkanes) is 1. The van der Waals surface area contributed by atoms with E-state index >= 15 is 0 Å². The first-order valence-corrected chi connectivity index (χ1v) is 8.75. The number of benzene rings is 1. The maximum atomic E-state index is 12.6. The molecule has 1 rings (SSSR count). The van der Waals surface area contributed by atoms with Gasteiger partial charge in [0, 0.05) is 20.1 Å². The Morgan fingerprint density at radius 1 is 1.33 bits per heavy atom. The zero-order chi connectivity index (χ0) is 15.9. The smallest absolute Gasteiger partial charge is 0.242 e. The zero-order valence-electron chi connectivity index (χ0n) is 13.2. The van der Waals surface area contributed by atoms with Crippen molar-refractivity contribution in [1.82, 2.24) is 9.62 Å². The lowest BCUT2D eigenvalue weighted by molar-refractivity contribution is 0.462. The molecule has 0 aromatic heterocycles. The van der Waals surface area contributed by atoms with Crippen molar-refractivity contribution >= 4 is 10.0 Å². The van der Waals surface area contributed by atoms with Crippen LogP contribution < -0.4 is 5.32 Å². The summed E-state index contributed by atoms with van der Waals surface area (Å²) >= 11 is 0. The normalized spacial score (nSPS) is 11.8. The number of nitrogens with one attached hydrogen (secondary N) is 1. The number of aryl methyl sites for hydroxylation is 1. The van der Waals surface area contributed by atoms with Crippen molar-refractivity contribution in [3.63, 3.8) is 0 Å². The Hall–Kier alpha value is -1.17. The highest BCUT2D eigenvalue weighted by atomic mass is 32.2. The van der Waals surface area contributed by atoms with E-state index in [9.17, 15) is 8.42 Å². The van der Waals surface area contributed by atoms with Crippen molar-refractivity contribution in [2.45, 2.75) is 37.6 Å². The van der Waals surface area contributed by atoms with Crippen LogP contribution in [-0.4, -0.2) is 33.4 Å². The lowest BCUT2D eigenvalue weighted by Crippen LogP contribution is -2.28. The van der Waals surface area contributed by atoms with Gasteiger partial charge in [-0.05, 0) is 49.6 Å². The summed E-state index contributed by atoms with van der Waals surface area (Å²) in [6.45, 7) is 6.91. The second-order valence-corrected chi connectivity index (χ2v) is 7.12. The predicted octanol–water partition coefficient (Wildman–Crippen LogP) is 2.56. The lowest BCUT2D eigenvalue weighted by atomic mass is 10.1. The molecule has 0 bridgehead atoms. The molecule has 1 N–H and O–H groups in total. The molecule has 1 aromatic carbocycles. The molecule has 0 aliphatic heterocycles. The third-order valence-corrected chi connectivity index (χ3v) is 5.37. The van der Waals surface area contributed by atoms with Crippen LogP contribution in [0, 0.1) is 0 Å². The third-order valence-electron chi connectivity index (χ3n) is 3.52. The molecule has 0 amide bonds. The van der Waals surface area contributed by atoms with Crippen molar-refractivity contribution < 1.29 is 8.42 Å². The van der Waals surface area contributed by atoms with E-state index in [-0.39, 0.29) is 0 Å². The van der Waals surface area contributed by atoms with Gasteiger partial charge in [-0.15, -0.1) is 6.58 Å². The molecule has 0 unspecified atom stereocenters. The van der Waals surface area contributed by atoms with Gasteiger partial charge in [0.2, 0.25) is 10.0 Å².